The van der Waals surface area contributed by atoms with E-state index in [9.17, 15) is 5.11 Å². The van der Waals surface area contributed by atoms with E-state index < -0.39 is 6.10 Å². The van der Waals surface area contributed by atoms with E-state index in [4.69, 9.17) is 4.52 Å². The highest BCUT2D eigenvalue weighted by Gasteiger charge is 2.33. The number of thioether (sulfide) groups is 1. The molecular formula is C17H23N3O2S. The summed E-state index contributed by atoms with van der Waals surface area (Å²) in [6, 6.07) is 8.13. The summed E-state index contributed by atoms with van der Waals surface area (Å²) < 4.78 is 5.38. The number of nitrogens with zero attached hydrogens (tertiary/aromatic N) is 3. The van der Waals surface area contributed by atoms with E-state index in [0.717, 1.165) is 23.6 Å². The highest BCUT2D eigenvalue weighted by atomic mass is 32.2. The van der Waals surface area contributed by atoms with Gasteiger partial charge in [0.05, 0.1) is 17.9 Å². The maximum atomic E-state index is 10.5. The lowest BCUT2D eigenvalue weighted by Gasteiger charge is -2.25. The maximum Gasteiger partial charge on any atom is 0.240 e. The fourth-order valence-corrected chi connectivity index (χ4v) is 3.85. The Hall–Kier alpha value is -1.37. The molecule has 0 fully saturated rings. The molecule has 0 amide bonds. The van der Waals surface area contributed by atoms with Crippen LogP contribution in [0.4, 0.5) is 0 Å². The van der Waals surface area contributed by atoms with Gasteiger partial charge in [0, 0.05) is 6.04 Å². The van der Waals surface area contributed by atoms with Crippen LogP contribution in [0.2, 0.25) is 0 Å². The molecule has 3 atom stereocenters. The van der Waals surface area contributed by atoms with Crippen molar-refractivity contribution in [2.45, 2.75) is 44.2 Å². The zero-order valence-electron chi connectivity index (χ0n) is 13.8. The molecule has 0 spiro atoms. The third-order valence-corrected chi connectivity index (χ3v) is 5.43. The highest BCUT2D eigenvalue weighted by molar-refractivity contribution is 7.99. The third kappa shape index (κ3) is 3.44. The van der Waals surface area contributed by atoms with E-state index in [0.29, 0.717) is 12.4 Å². The summed E-state index contributed by atoms with van der Waals surface area (Å²) in [6.45, 7) is 4.76. The number of benzene rings is 1. The highest BCUT2D eigenvalue weighted by Crippen LogP contribution is 2.34. The molecule has 0 aliphatic heterocycles. The van der Waals surface area contributed by atoms with Crippen molar-refractivity contribution in [3.05, 3.63) is 47.1 Å². The Morgan fingerprint density at radius 2 is 2.22 bits per heavy atom. The molecule has 124 valence electrons. The van der Waals surface area contributed by atoms with E-state index in [-0.39, 0.29) is 11.3 Å². The van der Waals surface area contributed by atoms with Gasteiger partial charge >= 0.3 is 0 Å². The number of hydrogen-bond acceptors (Lipinski definition) is 6. The average Bonchev–Trinajstić information content (AvgIpc) is 3.13. The van der Waals surface area contributed by atoms with Crippen molar-refractivity contribution in [3.8, 4) is 0 Å². The first-order chi connectivity index (χ1) is 11.1. The molecule has 2 aromatic rings. The van der Waals surface area contributed by atoms with Crippen LogP contribution in [0.1, 0.15) is 48.0 Å². The Kier molecular flexibility index (Phi) is 5.04. The van der Waals surface area contributed by atoms with Gasteiger partial charge in [-0.2, -0.15) is 16.7 Å². The monoisotopic (exact) mass is 333 g/mol. The molecule has 6 heteroatoms. The summed E-state index contributed by atoms with van der Waals surface area (Å²) in [5.41, 5.74) is 2.25. The number of likely N-dealkylation sites (N-methyl/N-ethyl adjacent to an activating group) is 1. The number of aliphatic hydroxyl groups excluding tert-OH is 1. The van der Waals surface area contributed by atoms with Crippen LogP contribution in [-0.2, 0) is 13.0 Å². The summed E-state index contributed by atoms with van der Waals surface area (Å²) >= 11 is 1.80. The molecule has 1 aliphatic rings. The van der Waals surface area contributed by atoms with Gasteiger partial charge in [0.2, 0.25) is 5.89 Å². The van der Waals surface area contributed by atoms with Crippen molar-refractivity contribution in [1.29, 1.82) is 0 Å². The standard InChI is InChI=1S/C17H23N3O2S/c1-4-23-11(2)17-18-15(22-19-17)10-20(3)14-9-12-7-5-6-8-13(12)16(14)21/h5-8,11,14,16,21H,4,9-10H2,1-3H3/t11-,14+,16-/m1/s1. The van der Waals surface area contributed by atoms with Gasteiger partial charge in [0.25, 0.3) is 0 Å². The molecule has 23 heavy (non-hydrogen) atoms. The molecule has 1 aromatic carbocycles. The van der Waals surface area contributed by atoms with Crippen LogP contribution in [0.3, 0.4) is 0 Å². The summed E-state index contributed by atoms with van der Waals surface area (Å²) in [5.74, 6) is 2.38. The largest absolute Gasteiger partial charge is 0.387 e. The predicted molar refractivity (Wildman–Crippen MR) is 91.2 cm³/mol. The molecule has 0 unspecified atom stereocenters. The Balaban J connectivity index is 1.65. The molecule has 0 saturated carbocycles. The van der Waals surface area contributed by atoms with E-state index >= 15 is 0 Å². The fraction of sp³-hybridized carbons (Fsp3) is 0.529. The fourth-order valence-electron chi connectivity index (χ4n) is 3.10. The molecule has 1 aromatic heterocycles. The van der Waals surface area contributed by atoms with Crippen LogP contribution in [0.25, 0.3) is 0 Å². The molecule has 1 N–H and O–H groups in total. The first kappa shape index (κ1) is 16.5. The topological polar surface area (TPSA) is 62.4 Å². The summed E-state index contributed by atoms with van der Waals surface area (Å²) in [4.78, 5) is 6.59. The van der Waals surface area contributed by atoms with Crippen LogP contribution in [-0.4, -0.2) is 39.0 Å². The van der Waals surface area contributed by atoms with Gasteiger partial charge in [0.15, 0.2) is 5.82 Å². The normalized spacial score (nSPS) is 21.6. The van der Waals surface area contributed by atoms with Crippen LogP contribution >= 0.6 is 11.8 Å². The summed E-state index contributed by atoms with van der Waals surface area (Å²) in [6.07, 6.45) is 0.380. The van der Waals surface area contributed by atoms with Crippen LogP contribution < -0.4 is 0 Å². The summed E-state index contributed by atoms with van der Waals surface area (Å²) in [5, 5.41) is 14.9. The SMILES string of the molecule is CCS[C@H](C)c1noc(CN(C)[C@H]2Cc3ccccc3[C@H]2O)n1. The van der Waals surface area contributed by atoms with Crippen molar-refractivity contribution in [2.75, 3.05) is 12.8 Å². The minimum Gasteiger partial charge on any atom is -0.387 e. The Morgan fingerprint density at radius 3 is 2.96 bits per heavy atom. The van der Waals surface area contributed by atoms with Gasteiger partial charge in [-0.25, -0.2) is 0 Å². The van der Waals surface area contributed by atoms with Crippen LogP contribution in [0.5, 0.6) is 0 Å². The average molecular weight is 333 g/mol. The minimum absolute atomic E-state index is 0.0465. The quantitative estimate of drug-likeness (QED) is 0.877. The van der Waals surface area contributed by atoms with E-state index in [2.05, 4.69) is 35.0 Å². The summed E-state index contributed by atoms with van der Waals surface area (Å²) in [7, 11) is 1.99. The van der Waals surface area contributed by atoms with Crippen LogP contribution in [0, 0.1) is 0 Å². The van der Waals surface area contributed by atoms with Crippen LogP contribution in [0.15, 0.2) is 28.8 Å². The lowest BCUT2D eigenvalue weighted by atomic mass is 10.1. The Bertz CT molecular complexity index is 661. The van der Waals surface area contributed by atoms with E-state index in [1.807, 2.05) is 25.2 Å². The molecule has 1 heterocycles. The maximum absolute atomic E-state index is 10.5. The number of aromatic nitrogens is 2. The van der Waals surface area contributed by atoms with Crippen molar-refractivity contribution < 1.29 is 9.63 Å². The van der Waals surface area contributed by atoms with Crippen molar-refractivity contribution in [2.24, 2.45) is 0 Å². The Labute approximate surface area is 141 Å². The molecule has 0 bridgehead atoms. The third-order valence-electron chi connectivity index (χ3n) is 4.38. The van der Waals surface area contributed by atoms with Crippen molar-refractivity contribution in [1.82, 2.24) is 15.0 Å². The number of aliphatic hydroxyl groups is 1. The molecular weight excluding hydrogens is 310 g/mol. The first-order valence-electron chi connectivity index (χ1n) is 8.00. The van der Waals surface area contributed by atoms with E-state index in [1.165, 1.54) is 5.56 Å². The predicted octanol–water partition coefficient (Wildman–Crippen LogP) is 2.97. The first-order valence-corrected chi connectivity index (χ1v) is 9.05. The Morgan fingerprint density at radius 1 is 1.43 bits per heavy atom. The van der Waals surface area contributed by atoms with Gasteiger partial charge < -0.3 is 9.63 Å². The molecule has 3 rings (SSSR count). The van der Waals surface area contributed by atoms with Gasteiger partial charge in [-0.05, 0) is 37.3 Å². The molecule has 5 nitrogen and oxygen atoms in total. The zero-order chi connectivity index (χ0) is 16.4. The molecule has 1 aliphatic carbocycles. The smallest absolute Gasteiger partial charge is 0.240 e. The molecule has 0 radical (unpaired) electrons. The van der Waals surface area contributed by atoms with Crippen molar-refractivity contribution >= 4 is 11.8 Å². The van der Waals surface area contributed by atoms with Gasteiger partial charge in [-0.1, -0.05) is 36.3 Å². The lowest BCUT2D eigenvalue weighted by molar-refractivity contribution is 0.0664. The zero-order valence-corrected chi connectivity index (χ0v) is 14.6. The minimum atomic E-state index is -0.465. The molecule has 0 saturated heterocycles. The second-order valence-electron chi connectivity index (χ2n) is 5.97. The van der Waals surface area contributed by atoms with Crippen molar-refractivity contribution in [3.63, 3.8) is 0 Å². The lowest BCUT2D eigenvalue weighted by Crippen LogP contribution is -2.34. The van der Waals surface area contributed by atoms with Gasteiger partial charge in [-0.3, -0.25) is 4.90 Å². The second-order valence-corrected chi connectivity index (χ2v) is 7.59. The number of rotatable bonds is 6. The van der Waals surface area contributed by atoms with E-state index in [1.54, 1.807) is 11.8 Å². The van der Waals surface area contributed by atoms with Gasteiger partial charge in [-0.15, -0.1) is 0 Å². The number of fused-ring (bicyclic) bond motifs is 1. The van der Waals surface area contributed by atoms with Gasteiger partial charge in [0.1, 0.15) is 0 Å². The number of hydrogen-bond donors (Lipinski definition) is 1. The second kappa shape index (κ2) is 7.03.